The van der Waals surface area contributed by atoms with Gasteiger partial charge in [0.1, 0.15) is 10.7 Å². The lowest BCUT2D eigenvalue weighted by Crippen LogP contribution is -2.39. The van der Waals surface area contributed by atoms with Crippen LogP contribution in [-0.2, 0) is 9.84 Å². The lowest BCUT2D eigenvalue weighted by atomic mass is 9.94. The number of piperidine rings is 1. The lowest BCUT2D eigenvalue weighted by Gasteiger charge is -2.32. The van der Waals surface area contributed by atoms with Crippen LogP contribution in [0.15, 0.2) is 21.7 Å². The third kappa shape index (κ3) is 3.14. The summed E-state index contributed by atoms with van der Waals surface area (Å²) in [6.45, 7) is 2.77. The third-order valence-electron chi connectivity index (χ3n) is 4.00. The highest BCUT2D eigenvalue weighted by Crippen LogP contribution is 2.30. The van der Waals surface area contributed by atoms with Gasteiger partial charge in [-0.1, -0.05) is 5.16 Å². The van der Waals surface area contributed by atoms with Crippen molar-refractivity contribution in [2.45, 2.75) is 30.6 Å². The molecule has 0 radical (unpaired) electrons. The fraction of sp³-hybridized carbons (Fsp3) is 0.500. The summed E-state index contributed by atoms with van der Waals surface area (Å²) in [5.41, 5.74) is 0.845. The first-order valence-corrected chi connectivity index (χ1v) is 9.21. The fourth-order valence-electron chi connectivity index (χ4n) is 2.90. The van der Waals surface area contributed by atoms with Crippen molar-refractivity contribution in [3.63, 3.8) is 0 Å². The number of nitrogens with one attached hydrogen (secondary N) is 1. The molecule has 1 saturated heterocycles. The summed E-state index contributed by atoms with van der Waals surface area (Å²) < 4.78 is 28.6. The first-order chi connectivity index (χ1) is 10.9. The van der Waals surface area contributed by atoms with Crippen molar-refractivity contribution in [1.29, 1.82) is 0 Å². The molecule has 23 heavy (non-hydrogen) atoms. The maximum Gasteiger partial charge on any atom is 0.276 e. The molecule has 0 bridgehead atoms. The molecular formula is C14H18N4O4S. The van der Waals surface area contributed by atoms with Gasteiger partial charge >= 0.3 is 0 Å². The van der Waals surface area contributed by atoms with Crippen molar-refractivity contribution in [3.05, 3.63) is 29.4 Å². The first kappa shape index (κ1) is 15.7. The highest BCUT2D eigenvalue weighted by atomic mass is 32.2. The van der Waals surface area contributed by atoms with E-state index < -0.39 is 9.84 Å². The van der Waals surface area contributed by atoms with Crippen molar-refractivity contribution in [1.82, 2.24) is 20.3 Å². The van der Waals surface area contributed by atoms with E-state index in [9.17, 15) is 13.2 Å². The number of carbonyl (C=O) groups excluding carboxylic acids is 1. The van der Waals surface area contributed by atoms with Crippen LogP contribution in [0.1, 0.15) is 40.7 Å². The molecule has 3 heterocycles. The van der Waals surface area contributed by atoms with Gasteiger partial charge in [-0.3, -0.25) is 9.89 Å². The van der Waals surface area contributed by atoms with E-state index in [2.05, 4.69) is 15.4 Å². The van der Waals surface area contributed by atoms with Gasteiger partial charge in [0, 0.05) is 31.3 Å². The topological polar surface area (TPSA) is 109 Å². The largest absolute Gasteiger partial charge is 0.361 e. The van der Waals surface area contributed by atoms with E-state index in [1.54, 1.807) is 17.9 Å². The van der Waals surface area contributed by atoms with Crippen LogP contribution in [0.25, 0.3) is 0 Å². The number of hydrogen-bond donors (Lipinski definition) is 1. The summed E-state index contributed by atoms with van der Waals surface area (Å²) in [4.78, 5) is 14.4. The zero-order chi connectivity index (χ0) is 16.6. The third-order valence-corrected chi connectivity index (χ3v) is 5.12. The Morgan fingerprint density at radius 2 is 2.26 bits per heavy atom. The number of H-pyrrole nitrogens is 1. The van der Waals surface area contributed by atoms with Crippen LogP contribution in [0.4, 0.5) is 0 Å². The molecule has 2 aromatic rings. The average molecular weight is 338 g/mol. The van der Waals surface area contributed by atoms with Crippen LogP contribution >= 0.6 is 0 Å². The first-order valence-electron chi connectivity index (χ1n) is 7.32. The van der Waals surface area contributed by atoms with Crippen molar-refractivity contribution in [3.8, 4) is 0 Å². The van der Waals surface area contributed by atoms with Crippen molar-refractivity contribution in [2.24, 2.45) is 0 Å². The highest BCUT2D eigenvalue weighted by molar-refractivity contribution is 7.90. The Balaban J connectivity index is 1.82. The van der Waals surface area contributed by atoms with E-state index in [0.29, 0.717) is 24.5 Å². The van der Waals surface area contributed by atoms with Gasteiger partial charge < -0.3 is 9.42 Å². The Morgan fingerprint density at radius 3 is 2.91 bits per heavy atom. The standard InChI is InChI=1S/C14H18N4O4S/c1-9-6-11(17-22-9)14(19)18-5-3-4-10(8-18)13-12(7-15-16-13)23(2,20)21/h6-7,10H,3-5,8H2,1-2H3,(H,15,16). The van der Waals surface area contributed by atoms with Crippen LogP contribution in [0, 0.1) is 6.92 Å². The molecule has 1 N–H and O–H groups in total. The number of likely N-dealkylation sites (tertiary alicyclic amines) is 1. The lowest BCUT2D eigenvalue weighted by molar-refractivity contribution is 0.0694. The number of hydrogen-bond acceptors (Lipinski definition) is 6. The van der Waals surface area contributed by atoms with E-state index in [1.165, 1.54) is 6.20 Å². The van der Waals surface area contributed by atoms with Crippen LogP contribution < -0.4 is 0 Å². The van der Waals surface area contributed by atoms with Crippen LogP contribution in [-0.4, -0.2) is 53.9 Å². The summed E-state index contributed by atoms with van der Waals surface area (Å²) in [7, 11) is -3.35. The second-order valence-corrected chi connectivity index (χ2v) is 7.82. The number of nitrogens with zero attached hydrogens (tertiary/aromatic N) is 3. The molecule has 124 valence electrons. The zero-order valence-electron chi connectivity index (χ0n) is 12.9. The molecule has 9 heteroatoms. The van der Waals surface area contributed by atoms with Gasteiger partial charge in [-0.25, -0.2) is 8.42 Å². The Bertz CT molecular complexity index is 823. The van der Waals surface area contributed by atoms with E-state index in [-0.39, 0.29) is 22.4 Å². The number of sulfone groups is 1. The number of carbonyl (C=O) groups is 1. The van der Waals surface area contributed by atoms with Crippen molar-refractivity contribution >= 4 is 15.7 Å². The minimum atomic E-state index is -3.35. The molecule has 0 aromatic carbocycles. The van der Waals surface area contributed by atoms with Gasteiger partial charge in [0.05, 0.1) is 11.9 Å². The molecule has 0 aliphatic carbocycles. The molecule has 1 aliphatic heterocycles. The van der Waals surface area contributed by atoms with Gasteiger partial charge in [0.25, 0.3) is 5.91 Å². The van der Waals surface area contributed by atoms with Crippen LogP contribution in [0.2, 0.25) is 0 Å². The normalized spacial score (nSPS) is 19.0. The second-order valence-electron chi connectivity index (χ2n) is 5.83. The van der Waals surface area contributed by atoms with Crippen molar-refractivity contribution < 1.29 is 17.7 Å². The molecule has 1 amide bonds. The molecule has 2 aromatic heterocycles. The van der Waals surface area contributed by atoms with Gasteiger partial charge in [-0.15, -0.1) is 0 Å². The number of amides is 1. The summed E-state index contributed by atoms with van der Waals surface area (Å²) in [5.74, 6) is 0.287. The Hall–Kier alpha value is -2.16. The Morgan fingerprint density at radius 1 is 1.48 bits per heavy atom. The summed E-state index contributed by atoms with van der Waals surface area (Å²) in [6.07, 6.45) is 4.07. The molecule has 1 fully saturated rings. The highest BCUT2D eigenvalue weighted by Gasteiger charge is 2.30. The number of aromatic nitrogens is 3. The van der Waals surface area contributed by atoms with E-state index in [4.69, 9.17) is 4.52 Å². The van der Waals surface area contributed by atoms with E-state index in [0.717, 1.165) is 19.1 Å². The minimum absolute atomic E-state index is 0.0899. The monoisotopic (exact) mass is 338 g/mol. The molecule has 1 atom stereocenters. The summed E-state index contributed by atoms with van der Waals surface area (Å²) >= 11 is 0. The molecular weight excluding hydrogens is 320 g/mol. The Kier molecular flexibility index (Phi) is 3.97. The van der Waals surface area contributed by atoms with E-state index >= 15 is 0 Å². The smallest absolute Gasteiger partial charge is 0.276 e. The number of rotatable bonds is 3. The Labute approximate surface area is 133 Å². The van der Waals surface area contributed by atoms with Gasteiger partial charge in [0.15, 0.2) is 15.5 Å². The van der Waals surface area contributed by atoms with Crippen LogP contribution in [0.5, 0.6) is 0 Å². The summed E-state index contributed by atoms with van der Waals surface area (Å²) in [6, 6.07) is 1.60. The quantitative estimate of drug-likeness (QED) is 0.898. The van der Waals surface area contributed by atoms with Crippen molar-refractivity contribution in [2.75, 3.05) is 19.3 Å². The number of aromatic amines is 1. The number of aryl methyl sites for hydroxylation is 1. The molecule has 0 spiro atoms. The SMILES string of the molecule is Cc1cc(C(=O)N2CCCC(c3[nH]ncc3S(C)(=O)=O)C2)no1. The molecule has 1 aliphatic rings. The average Bonchev–Trinajstić information content (AvgIpc) is 3.15. The molecule has 0 saturated carbocycles. The second kappa shape index (κ2) is 5.80. The van der Waals surface area contributed by atoms with Gasteiger partial charge in [-0.2, -0.15) is 5.10 Å². The van der Waals surface area contributed by atoms with Gasteiger partial charge in [-0.05, 0) is 19.8 Å². The minimum Gasteiger partial charge on any atom is -0.361 e. The predicted molar refractivity (Wildman–Crippen MR) is 80.8 cm³/mol. The van der Waals surface area contributed by atoms with Gasteiger partial charge in [0.2, 0.25) is 0 Å². The zero-order valence-corrected chi connectivity index (χ0v) is 13.8. The summed E-state index contributed by atoms with van der Waals surface area (Å²) in [5, 5.41) is 10.4. The maximum absolute atomic E-state index is 12.5. The molecule has 8 nitrogen and oxygen atoms in total. The molecule has 1 unspecified atom stereocenters. The molecule has 3 rings (SSSR count). The van der Waals surface area contributed by atoms with Crippen LogP contribution in [0.3, 0.4) is 0 Å². The maximum atomic E-state index is 12.5. The van der Waals surface area contributed by atoms with E-state index in [1.807, 2.05) is 0 Å². The fourth-order valence-corrected chi connectivity index (χ4v) is 3.76. The predicted octanol–water partition coefficient (Wildman–Crippen LogP) is 1.13.